The van der Waals surface area contributed by atoms with Gasteiger partial charge >= 0.3 is 0 Å². The first-order chi connectivity index (χ1) is 9.56. The fourth-order valence-corrected chi connectivity index (χ4v) is 2.62. The van der Waals surface area contributed by atoms with E-state index in [1.165, 1.54) is 12.8 Å². The zero-order valence-corrected chi connectivity index (χ0v) is 12.3. The Bertz CT molecular complexity index is 470. The number of aliphatic hydroxyl groups is 1. The molecule has 1 aromatic carbocycles. The first kappa shape index (κ1) is 15.1. The summed E-state index contributed by atoms with van der Waals surface area (Å²) < 4.78 is 5.42. The van der Waals surface area contributed by atoms with Crippen molar-refractivity contribution in [2.45, 2.75) is 44.8 Å². The maximum atomic E-state index is 11.7. The second-order valence-electron chi connectivity index (χ2n) is 5.20. The van der Waals surface area contributed by atoms with Gasteiger partial charge in [-0.15, -0.1) is 0 Å². The summed E-state index contributed by atoms with van der Waals surface area (Å²) in [6, 6.07) is 5.35. The van der Waals surface area contributed by atoms with Crippen LogP contribution in [0.3, 0.4) is 0 Å². The van der Waals surface area contributed by atoms with Gasteiger partial charge in [-0.05, 0) is 37.5 Å². The fraction of sp³-hybridized carbons (Fsp3) is 0.533. The molecule has 1 amide bonds. The van der Waals surface area contributed by atoms with Gasteiger partial charge in [-0.1, -0.05) is 30.5 Å². The van der Waals surface area contributed by atoms with Crippen LogP contribution in [-0.4, -0.2) is 23.7 Å². The first-order valence-electron chi connectivity index (χ1n) is 6.96. The number of nitrogens with one attached hydrogen (secondary N) is 1. The Morgan fingerprint density at radius 3 is 2.80 bits per heavy atom. The summed E-state index contributed by atoms with van der Waals surface area (Å²) in [5.74, 6) is 0.338. The van der Waals surface area contributed by atoms with Crippen LogP contribution in [0.15, 0.2) is 18.2 Å². The van der Waals surface area contributed by atoms with E-state index in [4.69, 9.17) is 16.3 Å². The Hall–Kier alpha value is -1.26. The largest absolute Gasteiger partial charge is 0.482 e. The van der Waals surface area contributed by atoms with E-state index in [2.05, 4.69) is 5.32 Å². The first-order valence-corrected chi connectivity index (χ1v) is 7.33. The molecule has 0 aromatic heterocycles. The summed E-state index contributed by atoms with van der Waals surface area (Å²) in [5, 5.41) is 12.8. The lowest BCUT2D eigenvalue weighted by molar-refractivity contribution is -0.123. The van der Waals surface area contributed by atoms with E-state index < -0.39 is 6.10 Å². The van der Waals surface area contributed by atoms with Crippen LogP contribution in [0, 0.1) is 0 Å². The molecule has 0 heterocycles. The number of amides is 1. The van der Waals surface area contributed by atoms with Crippen LogP contribution in [0.5, 0.6) is 5.75 Å². The molecule has 2 N–H and O–H groups in total. The molecule has 0 aliphatic heterocycles. The molecule has 20 heavy (non-hydrogen) atoms. The molecule has 110 valence electrons. The summed E-state index contributed by atoms with van der Waals surface area (Å²) in [5.41, 5.74) is 0.720. The molecular weight excluding hydrogens is 278 g/mol. The van der Waals surface area contributed by atoms with Gasteiger partial charge in [0.1, 0.15) is 5.75 Å². The summed E-state index contributed by atoms with van der Waals surface area (Å²) in [4.78, 5) is 11.7. The van der Waals surface area contributed by atoms with Gasteiger partial charge in [0.2, 0.25) is 0 Å². The molecule has 1 saturated carbocycles. The van der Waals surface area contributed by atoms with Gasteiger partial charge in [0.25, 0.3) is 5.91 Å². The zero-order valence-electron chi connectivity index (χ0n) is 11.6. The van der Waals surface area contributed by atoms with Crippen molar-refractivity contribution in [2.24, 2.45) is 0 Å². The molecule has 2 rings (SSSR count). The minimum absolute atomic E-state index is 0.0375. The number of hydrogen-bond acceptors (Lipinski definition) is 3. The predicted octanol–water partition coefficient (Wildman–Crippen LogP) is 2.83. The Kier molecular flexibility index (Phi) is 5.26. The van der Waals surface area contributed by atoms with Crippen molar-refractivity contribution >= 4 is 17.5 Å². The minimum Gasteiger partial charge on any atom is -0.482 e. The molecule has 1 aromatic rings. The van der Waals surface area contributed by atoms with Gasteiger partial charge in [0.15, 0.2) is 6.61 Å². The zero-order chi connectivity index (χ0) is 14.5. The van der Waals surface area contributed by atoms with Crippen LogP contribution in [0.2, 0.25) is 5.02 Å². The van der Waals surface area contributed by atoms with Gasteiger partial charge in [0, 0.05) is 6.04 Å². The number of halogens is 1. The molecule has 4 nitrogen and oxygen atoms in total. The fourth-order valence-electron chi connectivity index (χ4n) is 2.38. The van der Waals surface area contributed by atoms with E-state index in [0.29, 0.717) is 16.8 Å². The molecule has 0 unspecified atom stereocenters. The summed E-state index contributed by atoms with van der Waals surface area (Å²) in [6.07, 6.45) is 3.88. The highest BCUT2D eigenvalue weighted by atomic mass is 35.5. The van der Waals surface area contributed by atoms with Crippen molar-refractivity contribution in [3.8, 4) is 5.75 Å². The molecule has 5 heteroatoms. The Labute approximate surface area is 124 Å². The third-order valence-corrected chi connectivity index (χ3v) is 3.81. The van der Waals surface area contributed by atoms with Crippen molar-refractivity contribution < 1.29 is 14.6 Å². The molecule has 0 saturated heterocycles. The average molecular weight is 298 g/mol. The Morgan fingerprint density at radius 1 is 1.50 bits per heavy atom. The van der Waals surface area contributed by atoms with Crippen LogP contribution in [0.25, 0.3) is 0 Å². The van der Waals surface area contributed by atoms with E-state index in [-0.39, 0.29) is 12.5 Å². The molecule has 1 aliphatic carbocycles. The van der Waals surface area contributed by atoms with Gasteiger partial charge in [0.05, 0.1) is 11.1 Å². The normalized spacial score (nSPS) is 16.9. The second-order valence-corrected chi connectivity index (χ2v) is 5.61. The summed E-state index contributed by atoms with van der Waals surface area (Å²) in [6.45, 7) is 1.63. The van der Waals surface area contributed by atoms with Gasteiger partial charge in [-0.3, -0.25) is 4.79 Å². The molecule has 0 bridgehead atoms. The second kappa shape index (κ2) is 6.95. The highest BCUT2D eigenvalue weighted by molar-refractivity contribution is 6.32. The van der Waals surface area contributed by atoms with Crippen molar-refractivity contribution in [1.82, 2.24) is 5.32 Å². The number of hydrogen-bond donors (Lipinski definition) is 2. The van der Waals surface area contributed by atoms with Gasteiger partial charge in [-0.2, -0.15) is 0 Å². The van der Waals surface area contributed by atoms with E-state index in [0.717, 1.165) is 18.4 Å². The number of carbonyl (C=O) groups is 1. The topological polar surface area (TPSA) is 58.6 Å². The summed E-state index contributed by atoms with van der Waals surface area (Å²) >= 11 is 6.06. The van der Waals surface area contributed by atoms with Crippen molar-refractivity contribution in [1.29, 1.82) is 0 Å². The van der Waals surface area contributed by atoms with Crippen LogP contribution in [0.4, 0.5) is 0 Å². The van der Waals surface area contributed by atoms with Gasteiger partial charge in [-0.25, -0.2) is 0 Å². The van der Waals surface area contributed by atoms with Crippen LogP contribution < -0.4 is 10.1 Å². The highest BCUT2D eigenvalue weighted by Crippen LogP contribution is 2.27. The van der Waals surface area contributed by atoms with Crippen molar-refractivity contribution in [2.75, 3.05) is 6.61 Å². The molecule has 1 atom stereocenters. The molecule has 1 fully saturated rings. The highest BCUT2D eigenvalue weighted by Gasteiger charge is 2.17. The number of ether oxygens (including phenoxy) is 1. The maximum absolute atomic E-state index is 11.7. The number of rotatable bonds is 5. The molecule has 0 radical (unpaired) electrons. The predicted molar refractivity (Wildman–Crippen MR) is 78.0 cm³/mol. The number of aliphatic hydroxyl groups excluding tert-OH is 1. The smallest absolute Gasteiger partial charge is 0.258 e. The lowest BCUT2D eigenvalue weighted by Crippen LogP contribution is -2.36. The number of carbonyl (C=O) groups excluding carboxylic acids is 1. The third kappa shape index (κ3) is 4.12. The third-order valence-electron chi connectivity index (χ3n) is 3.52. The standard InChI is InChI=1S/C15H20ClNO3/c1-10(18)11-6-7-14(13(16)8-11)20-9-15(19)17-12-4-2-3-5-12/h6-8,10,12,18H,2-5,9H2,1H3,(H,17,19)/t10-/m0/s1. The lowest BCUT2D eigenvalue weighted by Gasteiger charge is -2.13. The van der Waals surface area contributed by atoms with Crippen LogP contribution in [0.1, 0.15) is 44.3 Å². The SMILES string of the molecule is C[C@H](O)c1ccc(OCC(=O)NC2CCCC2)c(Cl)c1. The van der Waals surface area contributed by atoms with Crippen LogP contribution in [-0.2, 0) is 4.79 Å². The molecule has 0 spiro atoms. The van der Waals surface area contributed by atoms with Crippen molar-refractivity contribution in [3.05, 3.63) is 28.8 Å². The number of benzene rings is 1. The van der Waals surface area contributed by atoms with E-state index in [1.807, 2.05) is 0 Å². The minimum atomic E-state index is -0.577. The monoisotopic (exact) mass is 297 g/mol. The van der Waals surface area contributed by atoms with E-state index in [9.17, 15) is 9.90 Å². The maximum Gasteiger partial charge on any atom is 0.258 e. The molecular formula is C15H20ClNO3. The van der Waals surface area contributed by atoms with E-state index in [1.54, 1.807) is 25.1 Å². The quantitative estimate of drug-likeness (QED) is 0.878. The summed E-state index contributed by atoms with van der Waals surface area (Å²) in [7, 11) is 0. The Balaban J connectivity index is 1.85. The van der Waals surface area contributed by atoms with E-state index >= 15 is 0 Å². The molecule has 1 aliphatic rings. The Morgan fingerprint density at radius 2 is 2.20 bits per heavy atom. The lowest BCUT2D eigenvalue weighted by atomic mass is 10.1. The van der Waals surface area contributed by atoms with Crippen LogP contribution >= 0.6 is 11.6 Å². The van der Waals surface area contributed by atoms with Gasteiger partial charge < -0.3 is 15.2 Å². The average Bonchev–Trinajstić information content (AvgIpc) is 2.90. The van der Waals surface area contributed by atoms with Crippen molar-refractivity contribution in [3.63, 3.8) is 0 Å².